The molecule has 7 nitrogen and oxygen atoms in total. The lowest BCUT2D eigenvalue weighted by molar-refractivity contribution is -0.136. The quantitative estimate of drug-likeness (QED) is 0.417. The molecule has 0 aliphatic carbocycles. The number of anilines is 4. The highest BCUT2D eigenvalue weighted by molar-refractivity contribution is 9.10. The van der Waals surface area contributed by atoms with E-state index in [4.69, 9.17) is 5.73 Å². The van der Waals surface area contributed by atoms with Crippen LogP contribution in [0.25, 0.3) is 0 Å². The summed E-state index contributed by atoms with van der Waals surface area (Å²) in [6, 6.07) is 11.5. The SMILES string of the molecule is Nc1c(NNC(=O)c2ccc(Br)cc2)ncnc1Nc1ccccc1C(F)(F)F. The van der Waals surface area contributed by atoms with E-state index in [2.05, 4.69) is 42.1 Å². The average molecular weight is 467 g/mol. The van der Waals surface area contributed by atoms with E-state index in [1.54, 1.807) is 24.3 Å². The van der Waals surface area contributed by atoms with Gasteiger partial charge in [-0.25, -0.2) is 9.97 Å². The van der Waals surface area contributed by atoms with Gasteiger partial charge in [0.1, 0.15) is 12.0 Å². The molecule has 3 rings (SSSR count). The van der Waals surface area contributed by atoms with Crippen molar-refractivity contribution in [1.29, 1.82) is 0 Å². The van der Waals surface area contributed by atoms with Crippen molar-refractivity contribution in [2.24, 2.45) is 0 Å². The molecule has 0 aliphatic rings. The molecular weight excluding hydrogens is 453 g/mol. The molecule has 11 heteroatoms. The van der Waals surface area contributed by atoms with Crippen molar-refractivity contribution >= 4 is 44.8 Å². The number of amides is 1. The molecule has 0 atom stereocenters. The summed E-state index contributed by atoms with van der Waals surface area (Å²) in [7, 11) is 0. The molecule has 1 heterocycles. The summed E-state index contributed by atoms with van der Waals surface area (Å²) in [4.78, 5) is 19.9. The average Bonchev–Trinajstić information content (AvgIpc) is 2.68. The van der Waals surface area contributed by atoms with Crippen LogP contribution in [0.2, 0.25) is 0 Å². The normalized spacial score (nSPS) is 11.0. The highest BCUT2D eigenvalue weighted by Crippen LogP contribution is 2.36. The summed E-state index contributed by atoms with van der Waals surface area (Å²) in [6.45, 7) is 0. The third-order valence-corrected chi connectivity index (χ3v) is 4.30. The summed E-state index contributed by atoms with van der Waals surface area (Å²) in [6.07, 6.45) is -3.45. The van der Waals surface area contributed by atoms with Gasteiger partial charge >= 0.3 is 6.18 Å². The maximum Gasteiger partial charge on any atom is 0.418 e. The van der Waals surface area contributed by atoms with Crippen molar-refractivity contribution in [3.05, 3.63) is 70.5 Å². The lowest BCUT2D eigenvalue weighted by Gasteiger charge is -2.16. The number of nitrogens with two attached hydrogens (primary N) is 1. The number of para-hydroxylation sites is 1. The number of nitrogens with one attached hydrogen (secondary N) is 3. The van der Waals surface area contributed by atoms with E-state index in [-0.39, 0.29) is 23.0 Å². The lowest BCUT2D eigenvalue weighted by atomic mass is 10.1. The molecule has 3 aromatic rings. The smallest absolute Gasteiger partial charge is 0.393 e. The van der Waals surface area contributed by atoms with E-state index >= 15 is 0 Å². The Bertz CT molecular complexity index is 1030. The van der Waals surface area contributed by atoms with E-state index in [0.29, 0.717) is 5.56 Å². The zero-order valence-corrected chi connectivity index (χ0v) is 16.2. The molecule has 0 aliphatic heterocycles. The van der Waals surface area contributed by atoms with Crippen LogP contribution in [-0.4, -0.2) is 15.9 Å². The number of rotatable bonds is 5. The van der Waals surface area contributed by atoms with Gasteiger partial charge in [-0.3, -0.25) is 15.6 Å². The number of aromatic nitrogens is 2. The molecule has 0 unspecified atom stereocenters. The molecule has 150 valence electrons. The number of hydrazine groups is 1. The van der Waals surface area contributed by atoms with E-state index in [1.807, 2.05) is 0 Å². The Kier molecular flexibility index (Phi) is 5.87. The van der Waals surface area contributed by atoms with Gasteiger partial charge in [-0.05, 0) is 36.4 Å². The number of halogens is 4. The van der Waals surface area contributed by atoms with Gasteiger partial charge < -0.3 is 11.1 Å². The molecule has 1 aromatic heterocycles. The number of hydrogen-bond donors (Lipinski definition) is 4. The largest absolute Gasteiger partial charge is 0.418 e. The monoisotopic (exact) mass is 466 g/mol. The highest BCUT2D eigenvalue weighted by atomic mass is 79.9. The molecule has 0 fully saturated rings. The zero-order valence-electron chi connectivity index (χ0n) is 14.6. The minimum atomic E-state index is -4.55. The second kappa shape index (κ2) is 8.35. The van der Waals surface area contributed by atoms with Crippen LogP contribution in [-0.2, 0) is 6.18 Å². The van der Waals surface area contributed by atoms with Crippen LogP contribution in [0.5, 0.6) is 0 Å². The van der Waals surface area contributed by atoms with Crippen LogP contribution < -0.4 is 21.9 Å². The Morgan fingerprint density at radius 1 is 1.00 bits per heavy atom. The first-order chi connectivity index (χ1) is 13.8. The maximum absolute atomic E-state index is 13.2. The Morgan fingerprint density at radius 2 is 1.66 bits per heavy atom. The first kappa shape index (κ1) is 20.4. The molecule has 0 radical (unpaired) electrons. The predicted molar refractivity (Wildman–Crippen MR) is 106 cm³/mol. The van der Waals surface area contributed by atoms with E-state index in [9.17, 15) is 18.0 Å². The first-order valence-corrected chi connectivity index (χ1v) is 8.90. The molecule has 1 amide bonds. The Morgan fingerprint density at radius 3 is 2.34 bits per heavy atom. The van der Waals surface area contributed by atoms with E-state index in [1.165, 1.54) is 18.2 Å². The van der Waals surface area contributed by atoms with Crippen molar-refractivity contribution in [2.75, 3.05) is 16.5 Å². The van der Waals surface area contributed by atoms with Crippen molar-refractivity contribution in [3.8, 4) is 0 Å². The Labute approximate surface area is 171 Å². The fourth-order valence-electron chi connectivity index (χ4n) is 2.35. The summed E-state index contributed by atoms with van der Waals surface area (Å²) < 4.78 is 40.3. The second-order valence-electron chi connectivity index (χ2n) is 5.74. The number of carbonyl (C=O) groups excluding carboxylic acids is 1. The van der Waals surface area contributed by atoms with E-state index in [0.717, 1.165) is 16.9 Å². The van der Waals surface area contributed by atoms with Gasteiger partial charge in [0.15, 0.2) is 11.6 Å². The third-order valence-electron chi connectivity index (χ3n) is 3.77. The van der Waals surface area contributed by atoms with Crippen LogP contribution in [0.1, 0.15) is 15.9 Å². The van der Waals surface area contributed by atoms with Crippen LogP contribution in [0, 0.1) is 0 Å². The Hall–Kier alpha value is -3.34. The van der Waals surface area contributed by atoms with Crippen molar-refractivity contribution in [1.82, 2.24) is 15.4 Å². The van der Waals surface area contributed by atoms with Crippen LogP contribution in [0.3, 0.4) is 0 Å². The van der Waals surface area contributed by atoms with Gasteiger partial charge in [0, 0.05) is 10.0 Å². The minimum absolute atomic E-state index is 0.0254. The van der Waals surface area contributed by atoms with Gasteiger partial charge in [0.2, 0.25) is 0 Å². The van der Waals surface area contributed by atoms with Crippen LogP contribution in [0.4, 0.5) is 36.2 Å². The topological polar surface area (TPSA) is 105 Å². The van der Waals surface area contributed by atoms with Crippen molar-refractivity contribution < 1.29 is 18.0 Å². The molecule has 29 heavy (non-hydrogen) atoms. The molecule has 0 saturated carbocycles. The minimum Gasteiger partial charge on any atom is -0.393 e. The number of alkyl halides is 3. The predicted octanol–water partition coefficient (Wildman–Crippen LogP) is 4.34. The van der Waals surface area contributed by atoms with E-state index < -0.39 is 17.6 Å². The standard InChI is InChI=1S/C18H14BrF3N6O/c19-11-7-5-10(6-8-11)17(29)28-27-16-14(23)15(24-9-25-16)26-13-4-2-1-3-12(13)18(20,21)22/h1-9H,23H2,(H,28,29)(H2,24,25,26,27). The van der Waals surface area contributed by atoms with Crippen molar-refractivity contribution in [3.63, 3.8) is 0 Å². The van der Waals surface area contributed by atoms with Crippen molar-refractivity contribution in [2.45, 2.75) is 6.18 Å². The molecule has 0 spiro atoms. The third kappa shape index (κ3) is 4.93. The van der Waals surface area contributed by atoms with Gasteiger partial charge in [-0.1, -0.05) is 28.1 Å². The second-order valence-corrected chi connectivity index (χ2v) is 6.65. The summed E-state index contributed by atoms with van der Waals surface area (Å²) in [5.41, 5.74) is 10.1. The highest BCUT2D eigenvalue weighted by Gasteiger charge is 2.33. The summed E-state index contributed by atoms with van der Waals surface area (Å²) >= 11 is 3.27. The fourth-order valence-corrected chi connectivity index (χ4v) is 2.62. The van der Waals surface area contributed by atoms with Gasteiger partial charge in [0.25, 0.3) is 5.91 Å². The van der Waals surface area contributed by atoms with Gasteiger partial charge in [-0.15, -0.1) is 0 Å². The first-order valence-electron chi connectivity index (χ1n) is 8.11. The molecule has 0 saturated heterocycles. The lowest BCUT2D eigenvalue weighted by Crippen LogP contribution is -2.30. The molecule has 5 N–H and O–H groups in total. The van der Waals surface area contributed by atoms with Crippen LogP contribution in [0.15, 0.2) is 59.3 Å². The number of hydrogen-bond acceptors (Lipinski definition) is 6. The number of carbonyl (C=O) groups is 1. The summed E-state index contributed by atoms with van der Waals surface area (Å²) in [5.74, 6) is -0.470. The molecule has 0 bridgehead atoms. The summed E-state index contributed by atoms with van der Waals surface area (Å²) in [5, 5.41) is 2.56. The van der Waals surface area contributed by atoms with Crippen LogP contribution >= 0.6 is 15.9 Å². The zero-order chi connectivity index (χ0) is 21.0. The number of nitrogens with zero attached hydrogens (tertiary/aromatic N) is 2. The Balaban J connectivity index is 1.77. The van der Waals surface area contributed by atoms with Gasteiger partial charge in [-0.2, -0.15) is 13.2 Å². The fraction of sp³-hybridized carbons (Fsp3) is 0.0556. The number of benzene rings is 2. The molecular formula is C18H14BrF3N6O. The van der Waals surface area contributed by atoms with Gasteiger partial charge in [0.05, 0.1) is 11.3 Å². The molecule has 2 aromatic carbocycles. The number of nitrogen functional groups attached to an aromatic ring is 1. The maximum atomic E-state index is 13.2.